The van der Waals surface area contributed by atoms with Gasteiger partial charge in [0.25, 0.3) is 0 Å². The van der Waals surface area contributed by atoms with Gasteiger partial charge in [-0.1, -0.05) is 0 Å². The highest BCUT2D eigenvalue weighted by atomic mass is 19.1. The Bertz CT molecular complexity index is 332. The normalized spacial score (nSPS) is 19.9. The summed E-state index contributed by atoms with van der Waals surface area (Å²) in [6.45, 7) is 2.29. The van der Waals surface area contributed by atoms with E-state index >= 15 is 0 Å². The molecule has 1 heterocycles. The molecule has 1 atom stereocenters. The number of rotatable bonds is 4. The van der Waals surface area contributed by atoms with Crippen molar-refractivity contribution in [3.05, 3.63) is 23.8 Å². The van der Waals surface area contributed by atoms with Crippen molar-refractivity contribution in [2.75, 3.05) is 6.54 Å². The second-order valence-electron chi connectivity index (χ2n) is 4.35. The number of aromatic nitrogens is 2. The molecule has 2 rings (SSSR count). The lowest BCUT2D eigenvalue weighted by atomic mass is 9.95. The van der Waals surface area contributed by atoms with E-state index in [-0.39, 0.29) is 5.92 Å². The molecule has 82 valence electrons. The van der Waals surface area contributed by atoms with Crippen LogP contribution in [0.5, 0.6) is 0 Å². The lowest BCUT2D eigenvalue weighted by molar-refractivity contribution is 0.271. The van der Waals surface area contributed by atoms with Gasteiger partial charge in [0.2, 0.25) is 0 Å². The quantitative estimate of drug-likeness (QED) is 0.821. The van der Waals surface area contributed by atoms with Crippen molar-refractivity contribution in [3.63, 3.8) is 0 Å². The van der Waals surface area contributed by atoms with Crippen LogP contribution in [-0.2, 0) is 0 Å². The van der Waals surface area contributed by atoms with Crippen LogP contribution in [-0.4, -0.2) is 22.2 Å². The van der Waals surface area contributed by atoms with E-state index in [9.17, 15) is 4.39 Å². The molecule has 1 fully saturated rings. The van der Waals surface area contributed by atoms with E-state index in [1.54, 1.807) is 12.4 Å². The summed E-state index contributed by atoms with van der Waals surface area (Å²) >= 11 is 0. The Kier molecular flexibility index (Phi) is 2.69. The van der Waals surface area contributed by atoms with Crippen LogP contribution >= 0.6 is 0 Å². The van der Waals surface area contributed by atoms with Crippen LogP contribution in [0.3, 0.4) is 0 Å². The van der Waals surface area contributed by atoms with Gasteiger partial charge in [-0.3, -0.25) is 0 Å². The van der Waals surface area contributed by atoms with Crippen LogP contribution in [0.25, 0.3) is 0 Å². The maximum atomic E-state index is 13.6. The lowest BCUT2D eigenvalue weighted by Crippen LogP contribution is -2.18. The number of alkyl halides is 1. The van der Waals surface area contributed by atoms with Crippen LogP contribution in [0, 0.1) is 6.92 Å². The molecule has 1 aliphatic rings. The van der Waals surface area contributed by atoms with Crippen molar-refractivity contribution < 1.29 is 4.39 Å². The summed E-state index contributed by atoms with van der Waals surface area (Å²) in [5, 5.41) is 0. The van der Waals surface area contributed by atoms with Crippen molar-refractivity contribution in [2.24, 2.45) is 5.73 Å². The van der Waals surface area contributed by atoms with Gasteiger partial charge >= 0.3 is 0 Å². The molecule has 0 aliphatic heterocycles. The predicted molar refractivity (Wildman–Crippen MR) is 56.3 cm³/mol. The Balaban J connectivity index is 2.08. The number of nitrogens with two attached hydrogens (primary N) is 1. The molecule has 2 N–H and O–H groups in total. The SMILES string of the molecule is Cc1ncc([C@@H](CN)CC2(F)CC2)cn1. The zero-order valence-electron chi connectivity index (χ0n) is 8.91. The summed E-state index contributed by atoms with van der Waals surface area (Å²) in [7, 11) is 0. The van der Waals surface area contributed by atoms with Gasteiger partial charge in [0.1, 0.15) is 11.5 Å². The minimum Gasteiger partial charge on any atom is -0.330 e. The third-order valence-electron chi connectivity index (χ3n) is 2.96. The van der Waals surface area contributed by atoms with E-state index in [2.05, 4.69) is 9.97 Å². The fraction of sp³-hybridized carbons (Fsp3) is 0.636. The summed E-state index contributed by atoms with van der Waals surface area (Å²) in [5.74, 6) is 0.786. The monoisotopic (exact) mass is 209 g/mol. The Morgan fingerprint density at radius 3 is 2.53 bits per heavy atom. The zero-order valence-corrected chi connectivity index (χ0v) is 8.91. The predicted octanol–water partition coefficient (Wildman–Crippen LogP) is 1.72. The van der Waals surface area contributed by atoms with Crippen LogP contribution in [0.2, 0.25) is 0 Å². The van der Waals surface area contributed by atoms with Gasteiger partial charge < -0.3 is 5.73 Å². The molecule has 0 aromatic carbocycles. The topological polar surface area (TPSA) is 51.8 Å². The first-order valence-corrected chi connectivity index (χ1v) is 5.30. The summed E-state index contributed by atoms with van der Waals surface area (Å²) in [4.78, 5) is 8.22. The van der Waals surface area contributed by atoms with Crippen molar-refractivity contribution in [1.29, 1.82) is 0 Å². The third-order valence-corrected chi connectivity index (χ3v) is 2.96. The lowest BCUT2D eigenvalue weighted by Gasteiger charge is -2.16. The standard InChI is InChI=1S/C11H16FN3/c1-8-14-6-10(7-15-8)9(5-13)4-11(12)2-3-11/h6-7,9H,2-5,13H2,1H3/t9-/m1/s1. The second kappa shape index (κ2) is 3.85. The highest BCUT2D eigenvalue weighted by Gasteiger charge is 2.44. The molecule has 0 bridgehead atoms. The van der Waals surface area contributed by atoms with E-state index in [0.717, 1.165) is 11.4 Å². The van der Waals surface area contributed by atoms with Crippen LogP contribution in [0.1, 0.15) is 36.6 Å². The molecule has 1 aromatic rings. The Labute approximate surface area is 88.9 Å². The smallest absolute Gasteiger partial charge is 0.125 e. The first-order valence-electron chi connectivity index (χ1n) is 5.30. The number of hydrogen-bond acceptors (Lipinski definition) is 3. The van der Waals surface area contributed by atoms with Gasteiger partial charge in [0.05, 0.1) is 0 Å². The van der Waals surface area contributed by atoms with Gasteiger partial charge in [-0.15, -0.1) is 0 Å². The molecule has 0 unspecified atom stereocenters. The zero-order chi connectivity index (χ0) is 10.9. The maximum Gasteiger partial charge on any atom is 0.125 e. The Morgan fingerprint density at radius 1 is 1.47 bits per heavy atom. The summed E-state index contributed by atoms with van der Waals surface area (Å²) in [6.07, 6.45) is 5.37. The largest absolute Gasteiger partial charge is 0.330 e. The molecule has 1 aromatic heterocycles. The van der Waals surface area contributed by atoms with Crippen LogP contribution < -0.4 is 5.73 Å². The molecule has 1 saturated carbocycles. The third kappa shape index (κ3) is 2.50. The Hall–Kier alpha value is -1.03. The average molecular weight is 209 g/mol. The molecule has 0 saturated heterocycles. The van der Waals surface area contributed by atoms with Crippen LogP contribution in [0.15, 0.2) is 12.4 Å². The number of halogens is 1. The summed E-state index contributed by atoms with van der Waals surface area (Å²) in [5.41, 5.74) is 5.64. The highest BCUT2D eigenvalue weighted by Crippen LogP contribution is 2.46. The first-order chi connectivity index (χ1) is 7.13. The van der Waals surface area contributed by atoms with Gasteiger partial charge in [-0.25, -0.2) is 14.4 Å². The van der Waals surface area contributed by atoms with E-state index in [1.165, 1.54) is 0 Å². The summed E-state index contributed by atoms with van der Waals surface area (Å²) in [6, 6.07) is 0. The van der Waals surface area contributed by atoms with E-state index in [4.69, 9.17) is 5.73 Å². The maximum absolute atomic E-state index is 13.6. The van der Waals surface area contributed by atoms with Crippen LogP contribution in [0.4, 0.5) is 4.39 Å². The molecule has 15 heavy (non-hydrogen) atoms. The van der Waals surface area contributed by atoms with Crippen molar-refractivity contribution in [1.82, 2.24) is 9.97 Å². The van der Waals surface area contributed by atoms with Gasteiger partial charge in [-0.2, -0.15) is 0 Å². The van der Waals surface area contributed by atoms with Gasteiger partial charge in [0.15, 0.2) is 0 Å². The fourth-order valence-electron chi connectivity index (χ4n) is 1.73. The van der Waals surface area contributed by atoms with E-state index in [0.29, 0.717) is 25.8 Å². The van der Waals surface area contributed by atoms with Crippen molar-refractivity contribution in [3.8, 4) is 0 Å². The van der Waals surface area contributed by atoms with Gasteiger partial charge in [-0.05, 0) is 38.3 Å². The summed E-state index contributed by atoms with van der Waals surface area (Å²) < 4.78 is 13.6. The molecular weight excluding hydrogens is 193 g/mol. The minimum atomic E-state index is -0.963. The highest BCUT2D eigenvalue weighted by molar-refractivity contribution is 5.15. The van der Waals surface area contributed by atoms with Crippen molar-refractivity contribution in [2.45, 2.75) is 37.8 Å². The molecule has 0 radical (unpaired) electrons. The van der Waals surface area contributed by atoms with Crippen molar-refractivity contribution >= 4 is 0 Å². The second-order valence-corrected chi connectivity index (χ2v) is 4.35. The molecule has 0 amide bonds. The minimum absolute atomic E-state index is 0.0538. The molecular formula is C11H16FN3. The molecule has 0 spiro atoms. The van der Waals surface area contributed by atoms with Gasteiger partial charge in [0, 0.05) is 18.3 Å². The number of nitrogens with zero attached hydrogens (tertiary/aromatic N) is 2. The molecule has 1 aliphatic carbocycles. The Morgan fingerprint density at radius 2 is 2.07 bits per heavy atom. The molecule has 4 heteroatoms. The average Bonchev–Trinajstić information content (AvgIpc) is 2.95. The fourth-order valence-corrected chi connectivity index (χ4v) is 1.73. The number of hydrogen-bond donors (Lipinski definition) is 1. The van der Waals surface area contributed by atoms with E-state index < -0.39 is 5.67 Å². The molecule has 3 nitrogen and oxygen atoms in total. The first kappa shape index (κ1) is 10.5. The number of aryl methyl sites for hydroxylation is 1. The van der Waals surface area contributed by atoms with E-state index in [1.807, 2.05) is 6.92 Å².